The molecule has 14 rings (SSSR count). The Kier molecular flexibility index (Phi) is 9.15. The van der Waals surface area contributed by atoms with Crippen molar-refractivity contribution in [3.8, 4) is 44.9 Å². The topological polar surface area (TPSA) is 15.7 Å². The molecule has 1 heterocycles. The zero-order valence-electron chi connectivity index (χ0n) is 39.6. The molecule has 3 aliphatic rings. The maximum atomic E-state index is 7.40. The summed E-state index contributed by atoms with van der Waals surface area (Å²) in [4.78, 5) is 4.78. The van der Waals surface area contributed by atoms with E-state index in [0.29, 0.717) is 0 Å². The van der Waals surface area contributed by atoms with Gasteiger partial charge in [0.1, 0.15) is 5.75 Å². The molecule has 3 nitrogen and oxygen atoms in total. The molecule has 0 spiro atoms. The normalized spacial score (nSPS) is 13.8. The smallest absolute Gasteiger partial charge is 0.159 e. The summed E-state index contributed by atoms with van der Waals surface area (Å²) in [6, 6.07) is 93.3. The molecule has 0 amide bonds. The van der Waals surface area contributed by atoms with Gasteiger partial charge in [-0.3, -0.25) is 0 Å². The Labute approximate surface area is 415 Å². The van der Waals surface area contributed by atoms with Crippen LogP contribution < -0.4 is 14.5 Å². The molecule has 0 radical (unpaired) electrons. The van der Waals surface area contributed by atoms with Crippen LogP contribution in [0, 0.1) is 0 Å². The van der Waals surface area contributed by atoms with Gasteiger partial charge in [-0.05, 0) is 139 Å². The molecular weight excluding hydrogens is 861 g/mol. The minimum absolute atomic E-state index is 0.200. The summed E-state index contributed by atoms with van der Waals surface area (Å²) in [7, 11) is 0. The van der Waals surface area contributed by atoms with Gasteiger partial charge in [-0.1, -0.05) is 196 Å². The fourth-order valence-corrected chi connectivity index (χ4v) is 12.3. The molecule has 11 aromatic rings. The van der Waals surface area contributed by atoms with Crippen molar-refractivity contribution in [3.05, 3.63) is 288 Å². The maximum Gasteiger partial charge on any atom is 0.159 e. The van der Waals surface area contributed by atoms with Gasteiger partial charge in [0.2, 0.25) is 0 Å². The number of ether oxygens (including phenoxy) is 1. The Bertz CT molecular complexity index is 3800. The maximum absolute atomic E-state index is 7.40. The summed E-state index contributed by atoms with van der Waals surface area (Å²) >= 11 is 0. The van der Waals surface area contributed by atoms with Crippen LogP contribution in [0.25, 0.3) is 44.2 Å². The summed E-state index contributed by atoms with van der Waals surface area (Å²) in [6.07, 6.45) is 0. The van der Waals surface area contributed by atoms with E-state index in [2.05, 4.69) is 278 Å². The van der Waals surface area contributed by atoms with Crippen LogP contribution in [0.2, 0.25) is 0 Å². The highest BCUT2D eigenvalue weighted by Crippen LogP contribution is 2.60. The number of hydrogen-bond donors (Lipinski definition) is 0. The predicted molar refractivity (Wildman–Crippen MR) is 294 cm³/mol. The summed E-state index contributed by atoms with van der Waals surface area (Å²) in [5.74, 6) is 1.66. The molecule has 0 bridgehead atoms. The number of rotatable bonds is 8. The number of hydrogen-bond acceptors (Lipinski definition) is 3. The van der Waals surface area contributed by atoms with Crippen LogP contribution >= 0.6 is 0 Å². The van der Waals surface area contributed by atoms with Crippen LogP contribution in [0.15, 0.2) is 255 Å². The van der Waals surface area contributed by atoms with E-state index in [-0.39, 0.29) is 5.41 Å². The predicted octanol–water partition coefficient (Wildman–Crippen LogP) is 18.2. The van der Waals surface area contributed by atoms with E-state index in [1.807, 2.05) is 0 Å². The molecule has 1 aliphatic heterocycles. The molecule has 0 atom stereocenters. The minimum Gasteiger partial charge on any atom is -0.454 e. The van der Waals surface area contributed by atoms with Gasteiger partial charge in [0.05, 0.1) is 11.1 Å². The number of para-hydroxylation sites is 2. The first-order valence-corrected chi connectivity index (χ1v) is 24.7. The zero-order valence-corrected chi connectivity index (χ0v) is 39.6. The van der Waals surface area contributed by atoms with E-state index in [1.165, 1.54) is 55.6 Å². The quantitative estimate of drug-likeness (QED) is 0.151. The molecule has 11 aromatic carbocycles. The minimum atomic E-state index is -0.566. The fourth-order valence-electron chi connectivity index (χ4n) is 12.3. The molecule has 0 saturated carbocycles. The monoisotopic (exact) mass is 908 g/mol. The van der Waals surface area contributed by atoms with Crippen molar-refractivity contribution in [2.24, 2.45) is 0 Å². The molecule has 0 saturated heterocycles. The first-order valence-electron chi connectivity index (χ1n) is 24.7. The fraction of sp³-hybridized carbons (Fsp3) is 0.0588. The van der Waals surface area contributed by atoms with Crippen molar-refractivity contribution in [2.75, 3.05) is 9.80 Å². The van der Waals surface area contributed by atoms with E-state index in [0.717, 1.165) is 67.5 Å². The summed E-state index contributed by atoms with van der Waals surface area (Å²) < 4.78 is 7.40. The molecule has 2 aliphatic carbocycles. The molecule has 3 heteroatoms. The third-order valence-corrected chi connectivity index (χ3v) is 15.5. The van der Waals surface area contributed by atoms with Gasteiger partial charge in [0.15, 0.2) is 5.75 Å². The van der Waals surface area contributed by atoms with Crippen molar-refractivity contribution in [2.45, 2.75) is 24.7 Å². The Morgan fingerprint density at radius 1 is 0.324 bits per heavy atom. The Hall–Kier alpha value is -8.92. The molecule has 0 N–H and O–H groups in total. The van der Waals surface area contributed by atoms with Gasteiger partial charge in [0, 0.05) is 44.8 Å². The molecule has 0 unspecified atom stereocenters. The Morgan fingerprint density at radius 2 is 0.817 bits per heavy atom. The first-order chi connectivity index (χ1) is 35.0. The lowest BCUT2D eigenvalue weighted by Gasteiger charge is -2.35. The van der Waals surface area contributed by atoms with E-state index in [4.69, 9.17) is 4.74 Å². The van der Waals surface area contributed by atoms with Crippen LogP contribution in [0.4, 0.5) is 34.1 Å². The van der Waals surface area contributed by atoms with E-state index < -0.39 is 5.41 Å². The average Bonchev–Trinajstić information content (AvgIpc) is 3.85. The van der Waals surface area contributed by atoms with E-state index in [1.54, 1.807) is 0 Å². The lowest BCUT2D eigenvalue weighted by molar-refractivity contribution is 0.488. The van der Waals surface area contributed by atoms with Crippen LogP contribution in [0.5, 0.6) is 11.5 Å². The lowest BCUT2D eigenvalue weighted by atomic mass is 9.67. The van der Waals surface area contributed by atoms with Crippen LogP contribution in [-0.4, -0.2) is 0 Å². The number of anilines is 6. The third kappa shape index (κ3) is 6.09. The van der Waals surface area contributed by atoms with Crippen molar-refractivity contribution in [1.82, 2.24) is 0 Å². The third-order valence-electron chi connectivity index (χ3n) is 15.5. The number of fused-ring (bicyclic) bond motifs is 8. The Balaban J connectivity index is 1.01. The lowest BCUT2D eigenvalue weighted by Crippen LogP contribution is -2.28. The molecule has 336 valence electrons. The summed E-state index contributed by atoms with van der Waals surface area (Å²) in [5, 5.41) is 2.22. The average molecular weight is 909 g/mol. The van der Waals surface area contributed by atoms with Crippen molar-refractivity contribution in [1.29, 1.82) is 0 Å². The van der Waals surface area contributed by atoms with Crippen LogP contribution in [0.3, 0.4) is 0 Å². The first kappa shape index (κ1) is 41.1. The van der Waals surface area contributed by atoms with Gasteiger partial charge >= 0.3 is 0 Å². The highest BCUT2D eigenvalue weighted by Gasteiger charge is 2.46. The summed E-state index contributed by atoms with van der Waals surface area (Å²) in [6.45, 7) is 4.73. The van der Waals surface area contributed by atoms with Crippen molar-refractivity contribution < 1.29 is 4.74 Å². The standard InChI is InChI=1S/C68H48N2O/c1-67(2)59-32-17-15-29-53(59)55-38-35-51(43-61(55)67)70(52-36-39-56-54-30-16-18-33-60(54)68(62(56)44-52,46-21-7-3-8-22-46)47-23-9-4-10-24-47)63-40-34-45-20-19-31-57-58-42-50(37-41-64(58)71-66(63)65(45)57)69(48-25-11-5-12-26-48)49-27-13-6-14-28-49/h3-44H,1-2H3. The SMILES string of the molecule is CC1(C)c2ccccc2-c2ccc(N(c3ccc4c(c3)C(c3ccccc3)(c3ccccc3)c3ccccc3-4)c3ccc4cccc5c4c3Oc3ccc(N(c4ccccc4)c4ccccc4)cc3-5)cc21. The number of benzene rings is 11. The van der Waals surface area contributed by atoms with E-state index in [9.17, 15) is 0 Å². The van der Waals surface area contributed by atoms with Gasteiger partial charge < -0.3 is 14.5 Å². The second-order valence-electron chi connectivity index (χ2n) is 19.6. The van der Waals surface area contributed by atoms with Crippen molar-refractivity contribution >= 4 is 44.9 Å². The summed E-state index contributed by atoms with van der Waals surface area (Å²) in [5.41, 5.74) is 20.6. The molecule has 0 fully saturated rings. The van der Waals surface area contributed by atoms with Gasteiger partial charge in [-0.25, -0.2) is 0 Å². The molecular formula is C68H48N2O. The highest BCUT2D eigenvalue weighted by atomic mass is 16.5. The van der Waals surface area contributed by atoms with Crippen LogP contribution in [-0.2, 0) is 10.8 Å². The van der Waals surface area contributed by atoms with E-state index >= 15 is 0 Å². The molecule has 0 aromatic heterocycles. The zero-order chi connectivity index (χ0) is 47.3. The Morgan fingerprint density at radius 3 is 1.46 bits per heavy atom. The second-order valence-corrected chi connectivity index (χ2v) is 19.6. The number of nitrogens with zero attached hydrogens (tertiary/aromatic N) is 2. The largest absolute Gasteiger partial charge is 0.454 e. The van der Waals surface area contributed by atoms with Gasteiger partial charge in [-0.2, -0.15) is 0 Å². The van der Waals surface area contributed by atoms with Crippen LogP contribution in [0.1, 0.15) is 47.2 Å². The second kappa shape index (κ2) is 15.8. The molecule has 71 heavy (non-hydrogen) atoms. The van der Waals surface area contributed by atoms with Gasteiger partial charge in [-0.15, -0.1) is 0 Å². The van der Waals surface area contributed by atoms with Gasteiger partial charge in [0.25, 0.3) is 0 Å². The highest BCUT2D eigenvalue weighted by molar-refractivity contribution is 6.09. The van der Waals surface area contributed by atoms with Crippen molar-refractivity contribution in [3.63, 3.8) is 0 Å².